The van der Waals surface area contributed by atoms with Crippen molar-refractivity contribution < 1.29 is 18.3 Å². The molecule has 1 rings (SSSR count). The SMILES string of the molecule is CC(CCNC(C)c1ccc(F)cc1F)NC(=O)OC(C)(C)C. The molecule has 2 unspecified atom stereocenters. The first-order valence-electron chi connectivity index (χ1n) is 7.76. The molecule has 1 aromatic rings. The Labute approximate surface area is 136 Å². The van der Waals surface area contributed by atoms with Crippen LogP contribution in [0.4, 0.5) is 13.6 Å². The summed E-state index contributed by atoms with van der Waals surface area (Å²) in [6.45, 7) is 9.67. The number of hydrogen-bond acceptors (Lipinski definition) is 3. The Balaban J connectivity index is 2.37. The lowest BCUT2D eigenvalue weighted by atomic mass is 10.1. The van der Waals surface area contributed by atoms with Gasteiger partial charge >= 0.3 is 6.09 Å². The average Bonchev–Trinajstić information content (AvgIpc) is 2.35. The molecule has 6 heteroatoms. The number of carbonyl (C=O) groups is 1. The van der Waals surface area contributed by atoms with Gasteiger partial charge in [-0.05, 0) is 53.7 Å². The molecule has 2 N–H and O–H groups in total. The van der Waals surface area contributed by atoms with E-state index in [0.717, 1.165) is 6.07 Å². The summed E-state index contributed by atoms with van der Waals surface area (Å²) in [5.74, 6) is -1.15. The highest BCUT2D eigenvalue weighted by Gasteiger charge is 2.18. The molecule has 1 amide bonds. The van der Waals surface area contributed by atoms with E-state index >= 15 is 0 Å². The first-order valence-corrected chi connectivity index (χ1v) is 7.76. The quantitative estimate of drug-likeness (QED) is 0.832. The van der Waals surface area contributed by atoms with Crippen molar-refractivity contribution in [1.82, 2.24) is 10.6 Å². The number of nitrogens with one attached hydrogen (secondary N) is 2. The van der Waals surface area contributed by atoms with Crippen molar-refractivity contribution in [2.75, 3.05) is 6.54 Å². The Morgan fingerprint density at radius 1 is 1.26 bits per heavy atom. The van der Waals surface area contributed by atoms with E-state index < -0.39 is 23.3 Å². The fraction of sp³-hybridized carbons (Fsp3) is 0.588. The van der Waals surface area contributed by atoms with Crippen LogP contribution in [0.3, 0.4) is 0 Å². The maximum absolute atomic E-state index is 13.7. The molecule has 23 heavy (non-hydrogen) atoms. The van der Waals surface area contributed by atoms with Gasteiger partial charge in [0.2, 0.25) is 0 Å². The summed E-state index contributed by atoms with van der Waals surface area (Å²) in [5.41, 5.74) is -0.115. The summed E-state index contributed by atoms with van der Waals surface area (Å²) in [6, 6.07) is 3.22. The molecule has 0 aromatic heterocycles. The van der Waals surface area contributed by atoms with Crippen LogP contribution in [0.2, 0.25) is 0 Å². The van der Waals surface area contributed by atoms with Crippen LogP contribution in [-0.2, 0) is 4.74 Å². The van der Waals surface area contributed by atoms with Crippen LogP contribution in [0.1, 0.15) is 52.6 Å². The van der Waals surface area contributed by atoms with Crippen molar-refractivity contribution in [2.45, 2.75) is 58.7 Å². The first-order chi connectivity index (χ1) is 10.6. The van der Waals surface area contributed by atoms with Crippen molar-refractivity contribution in [3.05, 3.63) is 35.4 Å². The highest BCUT2D eigenvalue weighted by atomic mass is 19.1. The van der Waals surface area contributed by atoms with Gasteiger partial charge in [0.05, 0.1) is 0 Å². The van der Waals surface area contributed by atoms with Gasteiger partial charge in [-0.15, -0.1) is 0 Å². The van der Waals surface area contributed by atoms with Gasteiger partial charge in [0.1, 0.15) is 17.2 Å². The van der Waals surface area contributed by atoms with Gasteiger partial charge in [0.25, 0.3) is 0 Å². The molecule has 1 aromatic carbocycles. The smallest absolute Gasteiger partial charge is 0.407 e. The Morgan fingerprint density at radius 3 is 2.48 bits per heavy atom. The van der Waals surface area contributed by atoms with Crippen molar-refractivity contribution >= 4 is 6.09 Å². The van der Waals surface area contributed by atoms with Crippen molar-refractivity contribution in [1.29, 1.82) is 0 Å². The maximum atomic E-state index is 13.7. The van der Waals surface area contributed by atoms with Gasteiger partial charge in [-0.1, -0.05) is 6.07 Å². The highest BCUT2D eigenvalue weighted by molar-refractivity contribution is 5.67. The molecule has 0 fully saturated rings. The number of halogens is 2. The van der Waals surface area contributed by atoms with Gasteiger partial charge < -0.3 is 15.4 Å². The van der Waals surface area contributed by atoms with Gasteiger partial charge in [0.15, 0.2) is 0 Å². The summed E-state index contributed by atoms with van der Waals surface area (Å²) >= 11 is 0. The molecule has 0 radical (unpaired) electrons. The predicted molar refractivity (Wildman–Crippen MR) is 86.2 cm³/mol. The molecular formula is C17H26F2N2O2. The number of ether oxygens (including phenoxy) is 1. The minimum Gasteiger partial charge on any atom is -0.444 e. The zero-order valence-electron chi connectivity index (χ0n) is 14.4. The van der Waals surface area contributed by atoms with Gasteiger partial charge in [-0.2, -0.15) is 0 Å². The largest absolute Gasteiger partial charge is 0.444 e. The summed E-state index contributed by atoms with van der Waals surface area (Å²) in [4.78, 5) is 11.6. The van der Waals surface area contributed by atoms with Crippen LogP contribution in [0.5, 0.6) is 0 Å². The second-order valence-corrected chi connectivity index (χ2v) is 6.68. The molecule has 0 aliphatic heterocycles. The second-order valence-electron chi connectivity index (χ2n) is 6.68. The average molecular weight is 328 g/mol. The summed E-state index contributed by atoms with van der Waals surface area (Å²) < 4.78 is 31.7. The minimum atomic E-state index is -0.589. The number of hydrogen-bond donors (Lipinski definition) is 2. The van der Waals surface area contributed by atoms with E-state index in [1.54, 1.807) is 20.8 Å². The first kappa shape index (κ1) is 19.4. The summed E-state index contributed by atoms with van der Waals surface area (Å²) in [6.07, 6.45) is 0.203. The Morgan fingerprint density at radius 2 is 1.91 bits per heavy atom. The lowest BCUT2D eigenvalue weighted by Crippen LogP contribution is -2.39. The predicted octanol–water partition coefficient (Wildman–Crippen LogP) is 3.92. The molecule has 130 valence electrons. The molecule has 0 spiro atoms. The number of benzene rings is 1. The summed E-state index contributed by atoms with van der Waals surface area (Å²) in [7, 11) is 0. The van der Waals surface area contributed by atoms with E-state index in [9.17, 15) is 13.6 Å². The minimum absolute atomic E-state index is 0.0809. The topological polar surface area (TPSA) is 50.4 Å². The van der Waals surface area contributed by atoms with E-state index in [-0.39, 0.29) is 12.1 Å². The van der Waals surface area contributed by atoms with Crippen molar-refractivity contribution in [3.63, 3.8) is 0 Å². The Kier molecular flexibility index (Phi) is 6.94. The number of amides is 1. The van der Waals surface area contributed by atoms with E-state index in [1.807, 2.05) is 13.8 Å². The molecule has 2 atom stereocenters. The van der Waals surface area contributed by atoms with Gasteiger partial charge in [-0.3, -0.25) is 0 Å². The zero-order chi connectivity index (χ0) is 17.6. The highest BCUT2D eigenvalue weighted by Crippen LogP contribution is 2.17. The zero-order valence-corrected chi connectivity index (χ0v) is 14.4. The fourth-order valence-corrected chi connectivity index (χ4v) is 2.06. The molecule has 0 saturated heterocycles. The number of alkyl carbamates (subject to hydrolysis) is 1. The fourth-order valence-electron chi connectivity index (χ4n) is 2.06. The number of rotatable bonds is 6. The van der Waals surface area contributed by atoms with E-state index in [2.05, 4.69) is 10.6 Å². The van der Waals surface area contributed by atoms with Crippen LogP contribution in [0.15, 0.2) is 18.2 Å². The van der Waals surface area contributed by atoms with Crippen LogP contribution in [0, 0.1) is 11.6 Å². The molecule has 0 heterocycles. The van der Waals surface area contributed by atoms with Gasteiger partial charge in [0, 0.05) is 23.7 Å². The van der Waals surface area contributed by atoms with E-state index in [4.69, 9.17) is 4.74 Å². The molecular weight excluding hydrogens is 302 g/mol. The van der Waals surface area contributed by atoms with Crippen LogP contribution < -0.4 is 10.6 Å². The molecule has 0 aliphatic rings. The third-order valence-corrected chi connectivity index (χ3v) is 3.22. The van der Waals surface area contributed by atoms with Crippen molar-refractivity contribution in [2.24, 2.45) is 0 Å². The molecule has 0 bridgehead atoms. The monoisotopic (exact) mass is 328 g/mol. The second kappa shape index (κ2) is 8.24. The normalized spacial score (nSPS) is 14.2. The maximum Gasteiger partial charge on any atom is 0.407 e. The van der Waals surface area contributed by atoms with Crippen LogP contribution >= 0.6 is 0 Å². The van der Waals surface area contributed by atoms with E-state index in [0.29, 0.717) is 18.5 Å². The molecule has 4 nitrogen and oxygen atoms in total. The Hall–Kier alpha value is -1.69. The van der Waals surface area contributed by atoms with Gasteiger partial charge in [-0.25, -0.2) is 13.6 Å². The van der Waals surface area contributed by atoms with Crippen molar-refractivity contribution in [3.8, 4) is 0 Å². The number of carbonyl (C=O) groups excluding carboxylic acids is 1. The molecule has 0 saturated carbocycles. The Bertz CT molecular complexity index is 530. The lowest BCUT2D eigenvalue weighted by molar-refractivity contribution is 0.0506. The summed E-state index contributed by atoms with van der Waals surface area (Å²) in [5, 5.41) is 5.90. The third-order valence-electron chi connectivity index (χ3n) is 3.22. The van der Waals surface area contributed by atoms with Crippen LogP contribution in [-0.4, -0.2) is 24.3 Å². The standard InChI is InChI=1S/C17H26F2N2O2/c1-11(21-16(22)23-17(3,4)5)8-9-20-12(2)14-7-6-13(18)10-15(14)19/h6-7,10-12,20H,8-9H2,1-5H3,(H,21,22). The van der Waals surface area contributed by atoms with E-state index in [1.165, 1.54) is 12.1 Å². The third kappa shape index (κ3) is 7.41. The van der Waals surface area contributed by atoms with Crippen LogP contribution in [0.25, 0.3) is 0 Å². The molecule has 0 aliphatic carbocycles. The lowest BCUT2D eigenvalue weighted by Gasteiger charge is -2.22.